The topological polar surface area (TPSA) is 26.0 Å². The van der Waals surface area contributed by atoms with Gasteiger partial charge in [-0.25, -0.2) is 4.39 Å². The molecule has 76 valence electrons. The van der Waals surface area contributed by atoms with Crippen LogP contribution in [0.3, 0.4) is 0 Å². The standard InChI is InChI=1S/C11H13BrFN/c1-7(2)5-11(14)8-3-4-10(13)9(12)6-8/h3-6,11H,14H2,1-2H3. The van der Waals surface area contributed by atoms with Crippen molar-refractivity contribution < 1.29 is 4.39 Å². The average molecular weight is 258 g/mol. The largest absolute Gasteiger partial charge is 0.321 e. The van der Waals surface area contributed by atoms with Gasteiger partial charge in [0.2, 0.25) is 0 Å². The Balaban J connectivity index is 2.97. The summed E-state index contributed by atoms with van der Waals surface area (Å²) in [5.74, 6) is -0.266. The van der Waals surface area contributed by atoms with Crippen molar-refractivity contribution >= 4 is 15.9 Å². The molecule has 0 amide bonds. The normalized spacial score (nSPS) is 12.4. The molecule has 1 aromatic rings. The van der Waals surface area contributed by atoms with E-state index >= 15 is 0 Å². The average Bonchev–Trinajstić information content (AvgIpc) is 2.08. The van der Waals surface area contributed by atoms with Crippen molar-refractivity contribution in [1.82, 2.24) is 0 Å². The Labute approximate surface area is 91.9 Å². The predicted octanol–water partition coefficient (Wildman–Crippen LogP) is 3.55. The van der Waals surface area contributed by atoms with Gasteiger partial charge in [0.1, 0.15) is 5.82 Å². The first-order valence-electron chi connectivity index (χ1n) is 4.36. The monoisotopic (exact) mass is 257 g/mol. The number of allylic oxidation sites excluding steroid dienone is 1. The molecule has 0 aliphatic heterocycles. The number of hydrogen-bond donors (Lipinski definition) is 1. The predicted molar refractivity (Wildman–Crippen MR) is 60.5 cm³/mol. The van der Waals surface area contributed by atoms with E-state index in [-0.39, 0.29) is 11.9 Å². The molecular weight excluding hydrogens is 245 g/mol. The maximum absolute atomic E-state index is 12.9. The Morgan fingerprint density at radius 2 is 2.14 bits per heavy atom. The molecule has 3 heteroatoms. The molecule has 0 spiro atoms. The van der Waals surface area contributed by atoms with Gasteiger partial charge in [-0.1, -0.05) is 17.7 Å². The summed E-state index contributed by atoms with van der Waals surface area (Å²) >= 11 is 3.13. The summed E-state index contributed by atoms with van der Waals surface area (Å²) in [5.41, 5.74) is 7.95. The molecule has 1 nitrogen and oxygen atoms in total. The van der Waals surface area contributed by atoms with Crippen molar-refractivity contribution in [3.63, 3.8) is 0 Å². The second-order valence-corrected chi connectivity index (χ2v) is 4.30. The summed E-state index contributed by atoms with van der Waals surface area (Å²) in [6, 6.07) is 4.65. The lowest BCUT2D eigenvalue weighted by Crippen LogP contribution is -2.07. The van der Waals surface area contributed by atoms with Gasteiger partial charge in [0.25, 0.3) is 0 Å². The molecule has 0 aromatic heterocycles. The van der Waals surface area contributed by atoms with Crippen LogP contribution in [-0.4, -0.2) is 0 Å². The molecule has 0 saturated carbocycles. The number of halogens is 2. The summed E-state index contributed by atoms with van der Waals surface area (Å²) in [6.07, 6.45) is 1.94. The first-order valence-corrected chi connectivity index (χ1v) is 5.15. The summed E-state index contributed by atoms with van der Waals surface area (Å²) in [6.45, 7) is 3.97. The zero-order valence-electron chi connectivity index (χ0n) is 8.22. The van der Waals surface area contributed by atoms with Gasteiger partial charge in [0.05, 0.1) is 4.47 Å². The lowest BCUT2D eigenvalue weighted by molar-refractivity contribution is 0.619. The maximum atomic E-state index is 12.9. The summed E-state index contributed by atoms with van der Waals surface area (Å²) < 4.78 is 13.4. The summed E-state index contributed by atoms with van der Waals surface area (Å²) in [4.78, 5) is 0. The van der Waals surface area contributed by atoms with E-state index in [2.05, 4.69) is 15.9 Å². The summed E-state index contributed by atoms with van der Waals surface area (Å²) in [7, 11) is 0. The molecule has 0 bridgehead atoms. The molecule has 1 unspecified atom stereocenters. The van der Waals surface area contributed by atoms with Crippen molar-refractivity contribution in [3.8, 4) is 0 Å². The third-order valence-electron chi connectivity index (χ3n) is 1.84. The van der Waals surface area contributed by atoms with Crippen LogP contribution < -0.4 is 5.73 Å². The highest BCUT2D eigenvalue weighted by atomic mass is 79.9. The highest BCUT2D eigenvalue weighted by Crippen LogP contribution is 2.21. The number of rotatable bonds is 2. The number of benzene rings is 1. The molecule has 1 aromatic carbocycles. The van der Waals surface area contributed by atoms with Crippen LogP contribution in [0, 0.1) is 5.82 Å². The maximum Gasteiger partial charge on any atom is 0.137 e. The minimum atomic E-state index is -0.266. The van der Waals surface area contributed by atoms with Gasteiger partial charge in [-0.05, 0) is 47.5 Å². The smallest absolute Gasteiger partial charge is 0.137 e. The van der Waals surface area contributed by atoms with Crippen molar-refractivity contribution in [1.29, 1.82) is 0 Å². The lowest BCUT2D eigenvalue weighted by atomic mass is 10.1. The SMILES string of the molecule is CC(C)=CC(N)c1ccc(F)c(Br)c1. The second-order valence-electron chi connectivity index (χ2n) is 3.44. The Kier molecular flexibility index (Phi) is 3.84. The summed E-state index contributed by atoms with van der Waals surface area (Å²) in [5, 5.41) is 0. The van der Waals surface area contributed by atoms with E-state index < -0.39 is 0 Å². The van der Waals surface area contributed by atoms with Gasteiger partial charge in [-0.2, -0.15) is 0 Å². The molecule has 1 atom stereocenters. The van der Waals surface area contributed by atoms with Crippen LogP contribution in [0.2, 0.25) is 0 Å². The highest BCUT2D eigenvalue weighted by molar-refractivity contribution is 9.10. The van der Waals surface area contributed by atoms with E-state index in [1.807, 2.05) is 19.9 Å². The third kappa shape index (κ3) is 2.93. The van der Waals surface area contributed by atoms with Crippen molar-refractivity contribution in [2.24, 2.45) is 5.73 Å². The second kappa shape index (κ2) is 4.71. The first kappa shape index (κ1) is 11.4. The van der Waals surface area contributed by atoms with Crippen molar-refractivity contribution in [2.45, 2.75) is 19.9 Å². The van der Waals surface area contributed by atoms with Gasteiger partial charge in [0, 0.05) is 6.04 Å². The van der Waals surface area contributed by atoms with Gasteiger partial charge in [-0.3, -0.25) is 0 Å². The van der Waals surface area contributed by atoms with E-state index in [0.29, 0.717) is 4.47 Å². The van der Waals surface area contributed by atoms with E-state index in [0.717, 1.165) is 11.1 Å². The van der Waals surface area contributed by atoms with Crippen LogP contribution in [-0.2, 0) is 0 Å². The van der Waals surface area contributed by atoms with Crippen LogP contribution in [0.15, 0.2) is 34.3 Å². The molecule has 0 aliphatic rings. The first-order chi connectivity index (χ1) is 6.50. The molecule has 0 heterocycles. The van der Waals surface area contributed by atoms with E-state index in [4.69, 9.17) is 5.73 Å². The van der Waals surface area contributed by atoms with Gasteiger partial charge >= 0.3 is 0 Å². The van der Waals surface area contributed by atoms with Gasteiger partial charge < -0.3 is 5.73 Å². The van der Waals surface area contributed by atoms with Crippen LogP contribution in [0.1, 0.15) is 25.5 Å². The molecule has 0 radical (unpaired) electrons. The van der Waals surface area contributed by atoms with Gasteiger partial charge in [0.15, 0.2) is 0 Å². The zero-order valence-corrected chi connectivity index (χ0v) is 9.81. The van der Waals surface area contributed by atoms with E-state index in [1.165, 1.54) is 6.07 Å². The molecule has 14 heavy (non-hydrogen) atoms. The fourth-order valence-electron chi connectivity index (χ4n) is 1.18. The van der Waals surface area contributed by atoms with Crippen LogP contribution >= 0.6 is 15.9 Å². The fourth-order valence-corrected chi connectivity index (χ4v) is 1.57. The molecule has 2 N–H and O–H groups in total. The quantitative estimate of drug-likeness (QED) is 0.806. The minimum absolute atomic E-state index is 0.170. The van der Waals surface area contributed by atoms with Crippen molar-refractivity contribution in [2.75, 3.05) is 0 Å². The third-order valence-corrected chi connectivity index (χ3v) is 2.45. The minimum Gasteiger partial charge on any atom is -0.321 e. The van der Waals surface area contributed by atoms with Crippen LogP contribution in [0.5, 0.6) is 0 Å². The zero-order chi connectivity index (χ0) is 10.7. The molecule has 1 rings (SSSR count). The Morgan fingerprint density at radius 1 is 1.50 bits per heavy atom. The highest BCUT2D eigenvalue weighted by Gasteiger charge is 2.05. The molecule has 0 fully saturated rings. The lowest BCUT2D eigenvalue weighted by Gasteiger charge is -2.08. The van der Waals surface area contributed by atoms with Crippen LogP contribution in [0.4, 0.5) is 4.39 Å². The number of nitrogens with two attached hydrogens (primary N) is 1. The fraction of sp³-hybridized carbons (Fsp3) is 0.273. The van der Waals surface area contributed by atoms with Gasteiger partial charge in [-0.15, -0.1) is 0 Å². The Morgan fingerprint density at radius 3 is 2.64 bits per heavy atom. The molecule has 0 saturated heterocycles. The van der Waals surface area contributed by atoms with E-state index in [9.17, 15) is 4.39 Å². The molecule has 0 aliphatic carbocycles. The van der Waals surface area contributed by atoms with Crippen molar-refractivity contribution in [3.05, 3.63) is 45.7 Å². The van der Waals surface area contributed by atoms with E-state index in [1.54, 1.807) is 12.1 Å². The number of hydrogen-bond acceptors (Lipinski definition) is 1. The van der Waals surface area contributed by atoms with Crippen LogP contribution in [0.25, 0.3) is 0 Å². The Hall–Kier alpha value is -0.670. The molecular formula is C11H13BrFN. The Bertz CT molecular complexity index is 356.